The Balaban J connectivity index is 2.24. The van der Waals surface area contributed by atoms with Gasteiger partial charge in [0.1, 0.15) is 5.02 Å². The Kier molecular flexibility index (Phi) is 4.52. The van der Waals surface area contributed by atoms with E-state index in [1.807, 2.05) is 0 Å². The zero-order valence-corrected chi connectivity index (χ0v) is 13.0. The van der Waals surface area contributed by atoms with Crippen LogP contribution in [0.4, 0.5) is 5.69 Å². The van der Waals surface area contributed by atoms with Crippen LogP contribution in [0.5, 0.6) is 0 Å². The fourth-order valence-corrected chi connectivity index (χ4v) is 2.90. The molecule has 1 aromatic carbocycles. The molecular weight excluding hydrogens is 292 g/mol. The number of hydrogen-bond acceptors (Lipinski definition) is 3. The summed E-state index contributed by atoms with van der Waals surface area (Å²) in [5.41, 5.74) is 0.213. The normalized spacial score (nSPS) is 18.1. The maximum atomic E-state index is 12.6. The standard InChI is InChI=1S/C15H19ClN2O3/c1-15(2)7-4-9-17(10-8-15)14(19)11-5-3-6-12(13(11)16)18(20)21/h3,5-6H,4,7-10H2,1-2H3. The van der Waals surface area contributed by atoms with Gasteiger partial charge in [0.05, 0.1) is 10.5 Å². The lowest BCUT2D eigenvalue weighted by Gasteiger charge is -2.23. The van der Waals surface area contributed by atoms with Gasteiger partial charge in [0.2, 0.25) is 0 Å². The molecule has 1 aliphatic rings. The van der Waals surface area contributed by atoms with Crippen LogP contribution >= 0.6 is 11.6 Å². The summed E-state index contributed by atoms with van der Waals surface area (Å²) in [5.74, 6) is -0.221. The molecule has 6 heteroatoms. The van der Waals surface area contributed by atoms with Crippen LogP contribution in [0.25, 0.3) is 0 Å². The third kappa shape index (κ3) is 3.53. The second kappa shape index (κ2) is 6.02. The van der Waals surface area contributed by atoms with Crippen molar-refractivity contribution in [3.63, 3.8) is 0 Å². The molecule has 1 heterocycles. The summed E-state index contributed by atoms with van der Waals surface area (Å²) in [5, 5.41) is 10.8. The molecule has 1 fully saturated rings. The van der Waals surface area contributed by atoms with Gasteiger partial charge < -0.3 is 4.90 Å². The number of nitrogens with zero attached hydrogens (tertiary/aromatic N) is 2. The first-order valence-corrected chi connectivity index (χ1v) is 7.42. The molecule has 0 aliphatic carbocycles. The van der Waals surface area contributed by atoms with Crippen LogP contribution in [0.1, 0.15) is 43.5 Å². The number of likely N-dealkylation sites (tertiary alicyclic amines) is 1. The number of carbonyl (C=O) groups is 1. The predicted molar refractivity (Wildman–Crippen MR) is 81.6 cm³/mol. The molecule has 114 valence electrons. The van der Waals surface area contributed by atoms with Crippen LogP contribution in [0.3, 0.4) is 0 Å². The van der Waals surface area contributed by atoms with Crippen LogP contribution in [-0.4, -0.2) is 28.8 Å². The Morgan fingerprint density at radius 1 is 1.33 bits per heavy atom. The molecule has 1 amide bonds. The highest BCUT2D eigenvalue weighted by atomic mass is 35.5. The molecule has 0 aromatic heterocycles. The van der Waals surface area contributed by atoms with E-state index in [2.05, 4.69) is 13.8 Å². The van der Waals surface area contributed by atoms with Crippen LogP contribution < -0.4 is 0 Å². The van der Waals surface area contributed by atoms with Gasteiger partial charge in [-0.1, -0.05) is 31.5 Å². The lowest BCUT2D eigenvalue weighted by molar-refractivity contribution is -0.384. The molecule has 1 saturated heterocycles. The summed E-state index contributed by atoms with van der Waals surface area (Å²) in [6, 6.07) is 4.36. The van der Waals surface area contributed by atoms with Gasteiger partial charge in [-0.3, -0.25) is 14.9 Å². The summed E-state index contributed by atoms with van der Waals surface area (Å²) < 4.78 is 0. The van der Waals surface area contributed by atoms with E-state index in [-0.39, 0.29) is 27.6 Å². The van der Waals surface area contributed by atoms with Crippen molar-refractivity contribution < 1.29 is 9.72 Å². The van der Waals surface area contributed by atoms with Gasteiger partial charge in [0.15, 0.2) is 0 Å². The topological polar surface area (TPSA) is 63.5 Å². The molecular formula is C15H19ClN2O3. The summed E-state index contributed by atoms with van der Waals surface area (Å²) in [4.78, 5) is 24.7. The average Bonchev–Trinajstić information content (AvgIpc) is 2.59. The summed E-state index contributed by atoms with van der Waals surface area (Å²) in [6.45, 7) is 5.72. The van der Waals surface area contributed by atoms with Crippen molar-refractivity contribution in [2.75, 3.05) is 13.1 Å². The maximum absolute atomic E-state index is 12.6. The first-order chi connectivity index (χ1) is 9.82. The molecule has 0 atom stereocenters. The van der Waals surface area contributed by atoms with E-state index >= 15 is 0 Å². The number of nitro groups is 1. The Labute approximate surface area is 129 Å². The number of amides is 1. The zero-order chi connectivity index (χ0) is 15.6. The molecule has 0 bridgehead atoms. The SMILES string of the molecule is CC1(C)CCCN(C(=O)c2cccc([N+](=O)[O-])c2Cl)CC1. The van der Waals surface area contributed by atoms with E-state index in [9.17, 15) is 14.9 Å². The second-order valence-corrected chi connectivity index (χ2v) is 6.58. The van der Waals surface area contributed by atoms with E-state index in [4.69, 9.17) is 11.6 Å². The lowest BCUT2D eigenvalue weighted by Crippen LogP contribution is -2.32. The van der Waals surface area contributed by atoms with E-state index in [1.54, 1.807) is 11.0 Å². The van der Waals surface area contributed by atoms with E-state index in [0.717, 1.165) is 19.3 Å². The minimum Gasteiger partial charge on any atom is -0.339 e. The Morgan fingerprint density at radius 3 is 2.71 bits per heavy atom. The minimum absolute atomic E-state index is 0.0731. The molecule has 0 unspecified atom stereocenters. The van der Waals surface area contributed by atoms with Crippen molar-refractivity contribution in [1.82, 2.24) is 4.90 Å². The molecule has 21 heavy (non-hydrogen) atoms. The summed E-state index contributed by atoms with van der Waals surface area (Å²) in [6.07, 6.45) is 2.93. The van der Waals surface area contributed by atoms with Crippen molar-refractivity contribution in [3.05, 3.63) is 38.9 Å². The van der Waals surface area contributed by atoms with Gasteiger partial charge >= 0.3 is 0 Å². The number of benzene rings is 1. The fraction of sp³-hybridized carbons (Fsp3) is 0.533. The molecule has 0 saturated carbocycles. The van der Waals surface area contributed by atoms with Crippen molar-refractivity contribution in [2.45, 2.75) is 33.1 Å². The molecule has 1 aliphatic heterocycles. The van der Waals surface area contributed by atoms with E-state index < -0.39 is 4.92 Å². The van der Waals surface area contributed by atoms with Gasteiger partial charge in [-0.25, -0.2) is 0 Å². The van der Waals surface area contributed by atoms with Crippen molar-refractivity contribution >= 4 is 23.2 Å². The number of halogens is 1. The Morgan fingerprint density at radius 2 is 2.05 bits per heavy atom. The van der Waals surface area contributed by atoms with Crippen molar-refractivity contribution in [1.29, 1.82) is 0 Å². The molecule has 1 aromatic rings. The molecule has 0 spiro atoms. The maximum Gasteiger partial charge on any atom is 0.288 e. The first-order valence-electron chi connectivity index (χ1n) is 7.04. The zero-order valence-electron chi connectivity index (χ0n) is 12.3. The average molecular weight is 311 g/mol. The monoisotopic (exact) mass is 310 g/mol. The highest BCUT2D eigenvalue weighted by molar-refractivity contribution is 6.35. The number of carbonyl (C=O) groups excluding carboxylic acids is 1. The number of nitro benzene ring substituents is 1. The van der Waals surface area contributed by atoms with Gasteiger partial charge in [-0.05, 0) is 30.7 Å². The Hall–Kier alpha value is -1.62. The number of rotatable bonds is 2. The van der Waals surface area contributed by atoms with Crippen LogP contribution in [0.15, 0.2) is 18.2 Å². The van der Waals surface area contributed by atoms with Crippen LogP contribution in [-0.2, 0) is 0 Å². The van der Waals surface area contributed by atoms with Gasteiger partial charge in [-0.15, -0.1) is 0 Å². The Bertz CT molecular complexity index is 572. The largest absolute Gasteiger partial charge is 0.339 e. The predicted octanol–water partition coefficient (Wildman–Crippen LogP) is 3.90. The highest BCUT2D eigenvalue weighted by Gasteiger charge is 2.28. The fourth-order valence-electron chi connectivity index (χ4n) is 2.62. The van der Waals surface area contributed by atoms with Crippen molar-refractivity contribution in [3.8, 4) is 0 Å². The van der Waals surface area contributed by atoms with E-state index in [0.29, 0.717) is 13.1 Å². The van der Waals surface area contributed by atoms with Gasteiger partial charge in [0, 0.05) is 19.2 Å². The van der Waals surface area contributed by atoms with Crippen LogP contribution in [0.2, 0.25) is 5.02 Å². The van der Waals surface area contributed by atoms with Crippen molar-refractivity contribution in [2.24, 2.45) is 5.41 Å². The molecule has 5 nitrogen and oxygen atoms in total. The summed E-state index contributed by atoms with van der Waals surface area (Å²) in [7, 11) is 0. The quantitative estimate of drug-likeness (QED) is 0.614. The minimum atomic E-state index is -0.565. The first kappa shape index (κ1) is 15.8. The second-order valence-electron chi connectivity index (χ2n) is 6.21. The smallest absolute Gasteiger partial charge is 0.288 e. The lowest BCUT2D eigenvalue weighted by atomic mass is 9.85. The van der Waals surface area contributed by atoms with E-state index in [1.165, 1.54) is 12.1 Å². The third-order valence-electron chi connectivity index (χ3n) is 4.03. The van der Waals surface area contributed by atoms with Gasteiger partial charge in [-0.2, -0.15) is 0 Å². The summed E-state index contributed by atoms with van der Waals surface area (Å²) >= 11 is 6.03. The number of hydrogen-bond donors (Lipinski definition) is 0. The molecule has 0 N–H and O–H groups in total. The highest BCUT2D eigenvalue weighted by Crippen LogP contribution is 2.32. The molecule has 0 radical (unpaired) electrons. The molecule has 2 rings (SSSR count). The van der Waals surface area contributed by atoms with Gasteiger partial charge in [0.25, 0.3) is 11.6 Å². The third-order valence-corrected chi connectivity index (χ3v) is 4.43. The van der Waals surface area contributed by atoms with Crippen LogP contribution in [0, 0.1) is 15.5 Å².